The predicted molar refractivity (Wildman–Crippen MR) is 94.2 cm³/mol. The number of aromatic hydroxyl groups is 1. The Hall–Kier alpha value is -2.92. The minimum absolute atomic E-state index is 0.00534. The fourth-order valence-electron chi connectivity index (χ4n) is 2.84. The van der Waals surface area contributed by atoms with Crippen LogP contribution in [0, 0.1) is 0 Å². The number of alkyl halides is 3. The highest BCUT2D eigenvalue weighted by molar-refractivity contribution is 7.90. The van der Waals surface area contributed by atoms with Crippen LogP contribution in [0.5, 0.6) is 5.75 Å². The van der Waals surface area contributed by atoms with E-state index in [1.165, 1.54) is 6.07 Å². The van der Waals surface area contributed by atoms with Crippen LogP contribution in [0.15, 0.2) is 41.3 Å². The highest BCUT2D eigenvalue weighted by Crippen LogP contribution is 2.36. The molecule has 1 unspecified atom stereocenters. The molecule has 0 saturated heterocycles. The van der Waals surface area contributed by atoms with E-state index in [1.54, 1.807) is 0 Å². The Labute approximate surface area is 162 Å². The maximum atomic E-state index is 13.0. The van der Waals surface area contributed by atoms with Crippen LogP contribution in [0.2, 0.25) is 0 Å². The van der Waals surface area contributed by atoms with Crippen LogP contribution in [0.4, 0.5) is 18.9 Å². The van der Waals surface area contributed by atoms with Gasteiger partial charge in [-0.3, -0.25) is 9.59 Å². The average Bonchev–Trinajstić information content (AvgIpc) is 2.67. The van der Waals surface area contributed by atoms with Crippen LogP contribution in [0.1, 0.15) is 28.4 Å². The number of amides is 1. The normalized spacial score (nSPS) is 17.5. The third-order valence-corrected chi connectivity index (χ3v) is 6.21. The van der Waals surface area contributed by atoms with Crippen molar-refractivity contribution in [2.75, 3.05) is 5.32 Å². The Morgan fingerprint density at radius 2 is 1.83 bits per heavy atom. The van der Waals surface area contributed by atoms with Crippen molar-refractivity contribution in [3.8, 4) is 5.75 Å². The molecule has 3 N–H and O–H groups in total. The topological polar surface area (TPSA) is 121 Å². The summed E-state index contributed by atoms with van der Waals surface area (Å²) >= 11 is 0. The molecule has 1 aliphatic heterocycles. The van der Waals surface area contributed by atoms with Gasteiger partial charge >= 0.3 is 6.18 Å². The second kappa shape index (κ2) is 6.56. The van der Waals surface area contributed by atoms with Gasteiger partial charge in [0, 0.05) is 5.56 Å². The minimum atomic E-state index is -5.30. The lowest BCUT2D eigenvalue weighted by molar-refractivity contribution is -0.242. The van der Waals surface area contributed by atoms with Gasteiger partial charge in [0.2, 0.25) is 5.60 Å². The van der Waals surface area contributed by atoms with Crippen molar-refractivity contribution < 1.29 is 41.4 Å². The number of hydrogen-bond donors (Lipinski definition) is 3. The fourth-order valence-corrected chi connectivity index (χ4v) is 4.44. The standard InChI is InChI=1S/C18H14F3NO6S/c1-17(26,18(19,20)21)16(25)22-12-3-2-4-13-14(12)15(24)11-6-5-10(23)7-9(11)8-29(13,27)28/h2-7,23,26H,8H2,1H3,(H,22,25). The molecule has 0 saturated carbocycles. The fraction of sp³-hybridized carbons (Fsp3) is 0.222. The number of carbonyl (C=O) groups excluding carboxylic acids is 2. The minimum Gasteiger partial charge on any atom is -0.508 e. The van der Waals surface area contributed by atoms with Gasteiger partial charge in [-0.25, -0.2) is 8.42 Å². The number of anilines is 1. The number of phenols is 1. The van der Waals surface area contributed by atoms with E-state index in [9.17, 15) is 41.4 Å². The number of phenolic OH excluding ortho intramolecular Hbond substituents is 1. The lowest BCUT2D eigenvalue weighted by Gasteiger charge is -2.25. The number of halogens is 3. The maximum absolute atomic E-state index is 13.0. The van der Waals surface area contributed by atoms with Gasteiger partial charge in [-0.05, 0) is 42.8 Å². The van der Waals surface area contributed by atoms with Gasteiger partial charge in [0.25, 0.3) is 5.91 Å². The Bertz CT molecular complexity index is 1140. The average molecular weight is 429 g/mol. The Morgan fingerprint density at radius 1 is 1.17 bits per heavy atom. The number of rotatable bonds is 2. The molecule has 3 rings (SSSR count). The van der Waals surface area contributed by atoms with Gasteiger partial charge in [-0.1, -0.05) is 6.07 Å². The van der Waals surface area contributed by atoms with E-state index in [-0.39, 0.29) is 23.8 Å². The zero-order valence-corrected chi connectivity index (χ0v) is 15.6. The first kappa shape index (κ1) is 20.8. The molecule has 1 atom stereocenters. The molecular formula is C18H14F3NO6S. The first-order valence-electron chi connectivity index (χ1n) is 8.08. The molecule has 0 radical (unpaired) electrons. The molecule has 29 heavy (non-hydrogen) atoms. The summed E-state index contributed by atoms with van der Waals surface area (Å²) in [6, 6.07) is 6.73. The highest BCUT2D eigenvalue weighted by Gasteiger charge is 2.56. The summed E-state index contributed by atoms with van der Waals surface area (Å²) in [6.07, 6.45) is -5.30. The third kappa shape index (κ3) is 3.47. The van der Waals surface area contributed by atoms with Crippen LogP contribution >= 0.6 is 0 Å². The predicted octanol–water partition coefficient (Wildman–Crippen LogP) is 2.16. The number of ketones is 1. The van der Waals surface area contributed by atoms with Crippen LogP contribution in [0.25, 0.3) is 0 Å². The lowest BCUT2D eigenvalue weighted by atomic mass is 9.97. The third-order valence-electron chi connectivity index (χ3n) is 4.51. The number of hydrogen-bond acceptors (Lipinski definition) is 6. The first-order chi connectivity index (χ1) is 13.3. The summed E-state index contributed by atoms with van der Waals surface area (Å²) in [7, 11) is -4.13. The number of carbonyl (C=O) groups is 2. The van der Waals surface area contributed by atoms with Crippen molar-refractivity contribution in [1.29, 1.82) is 0 Å². The monoisotopic (exact) mass is 429 g/mol. The zero-order chi connectivity index (χ0) is 21.8. The quantitative estimate of drug-likeness (QED) is 0.673. The summed E-state index contributed by atoms with van der Waals surface area (Å²) in [5.74, 6) is -3.64. The maximum Gasteiger partial charge on any atom is 0.426 e. The first-order valence-corrected chi connectivity index (χ1v) is 9.74. The molecule has 11 heteroatoms. The van der Waals surface area contributed by atoms with Crippen LogP contribution in [-0.4, -0.2) is 42.1 Å². The van der Waals surface area contributed by atoms with Crippen molar-refractivity contribution >= 4 is 27.2 Å². The molecule has 0 spiro atoms. The summed E-state index contributed by atoms with van der Waals surface area (Å²) < 4.78 is 64.2. The lowest BCUT2D eigenvalue weighted by Crippen LogP contribution is -2.52. The Balaban J connectivity index is 2.18. The second-order valence-corrected chi connectivity index (χ2v) is 8.59. The molecule has 154 valence electrons. The summed E-state index contributed by atoms with van der Waals surface area (Å²) in [5.41, 5.74) is -4.87. The van der Waals surface area contributed by atoms with Crippen molar-refractivity contribution in [2.45, 2.75) is 29.3 Å². The number of sulfone groups is 1. The molecule has 0 fully saturated rings. The van der Waals surface area contributed by atoms with Crippen LogP contribution in [0.3, 0.4) is 0 Å². The van der Waals surface area contributed by atoms with Gasteiger partial charge in [0.15, 0.2) is 15.6 Å². The van der Waals surface area contributed by atoms with Gasteiger partial charge in [0.05, 0.1) is 21.9 Å². The Kier molecular flexibility index (Phi) is 4.71. The van der Waals surface area contributed by atoms with E-state index in [1.807, 2.05) is 5.32 Å². The Morgan fingerprint density at radius 3 is 2.45 bits per heavy atom. The van der Waals surface area contributed by atoms with E-state index >= 15 is 0 Å². The molecule has 2 aromatic rings. The van der Waals surface area contributed by atoms with Crippen molar-refractivity contribution in [1.82, 2.24) is 0 Å². The largest absolute Gasteiger partial charge is 0.508 e. The number of fused-ring (bicyclic) bond motifs is 2. The van der Waals surface area contributed by atoms with Crippen LogP contribution < -0.4 is 5.32 Å². The SMILES string of the molecule is CC(O)(C(=O)Nc1cccc2c1C(=O)c1ccc(O)cc1CS2(=O)=O)C(F)(F)F. The molecule has 1 amide bonds. The van der Waals surface area contributed by atoms with E-state index in [0.29, 0.717) is 0 Å². The number of benzene rings is 2. The van der Waals surface area contributed by atoms with Gasteiger partial charge < -0.3 is 15.5 Å². The zero-order valence-electron chi connectivity index (χ0n) is 14.7. The van der Waals surface area contributed by atoms with Gasteiger partial charge in [-0.15, -0.1) is 0 Å². The van der Waals surface area contributed by atoms with Gasteiger partial charge in [-0.2, -0.15) is 13.2 Å². The molecule has 0 aromatic heterocycles. The molecule has 7 nitrogen and oxygen atoms in total. The van der Waals surface area contributed by atoms with Gasteiger partial charge in [0.1, 0.15) is 5.75 Å². The molecule has 2 aromatic carbocycles. The van der Waals surface area contributed by atoms with Crippen molar-refractivity contribution in [2.24, 2.45) is 0 Å². The molecule has 0 bridgehead atoms. The molecule has 1 heterocycles. The molecular weight excluding hydrogens is 415 g/mol. The van der Waals surface area contributed by atoms with E-state index < -0.39 is 55.2 Å². The van der Waals surface area contributed by atoms with E-state index in [0.717, 1.165) is 30.3 Å². The van der Waals surface area contributed by atoms with E-state index in [4.69, 9.17) is 0 Å². The van der Waals surface area contributed by atoms with Crippen molar-refractivity contribution in [3.63, 3.8) is 0 Å². The number of aliphatic hydroxyl groups is 1. The van der Waals surface area contributed by atoms with Crippen molar-refractivity contribution in [3.05, 3.63) is 53.1 Å². The van der Waals surface area contributed by atoms with E-state index in [2.05, 4.69) is 0 Å². The second-order valence-electron chi connectivity index (χ2n) is 6.63. The molecule has 1 aliphatic rings. The molecule has 0 aliphatic carbocycles. The van der Waals surface area contributed by atoms with Crippen LogP contribution in [-0.2, 0) is 20.4 Å². The summed E-state index contributed by atoms with van der Waals surface area (Å²) in [4.78, 5) is 24.5. The summed E-state index contributed by atoms with van der Waals surface area (Å²) in [5, 5.41) is 20.9. The summed E-state index contributed by atoms with van der Waals surface area (Å²) in [6.45, 7) is 0.237. The highest BCUT2D eigenvalue weighted by atomic mass is 32.2. The smallest absolute Gasteiger partial charge is 0.426 e. The number of nitrogens with one attached hydrogen (secondary N) is 1.